The van der Waals surface area contributed by atoms with Crippen molar-refractivity contribution in [3.8, 4) is 0 Å². The Morgan fingerprint density at radius 1 is 1.43 bits per heavy atom. The molecule has 0 heterocycles. The predicted molar refractivity (Wildman–Crippen MR) is 83.6 cm³/mol. The summed E-state index contributed by atoms with van der Waals surface area (Å²) < 4.78 is 5.77. The quantitative estimate of drug-likeness (QED) is 0.839. The molecular formula is C14H17BrClNO4. The predicted octanol–water partition coefficient (Wildman–Crippen LogP) is 3.62. The third kappa shape index (κ3) is 6.35. The fourth-order valence-electron chi connectivity index (χ4n) is 1.55. The van der Waals surface area contributed by atoms with Crippen LogP contribution in [0, 0.1) is 0 Å². The van der Waals surface area contributed by atoms with E-state index in [1.165, 1.54) is 0 Å². The van der Waals surface area contributed by atoms with Crippen LogP contribution in [-0.2, 0) is 16.0 Å². The zero-order valence-corrected chi connectivity index (χ0v) is 14.3. The summed E-state index contributed by atoms with van der Waals surface area (Å²) in [4.78, 5) is 22.9. The zero-order valence-electron chi connectivity index (χ0n) is 11.9. The summed E-state index contributed by atoms with van der Waals surface area (Å²) in [6.07, 6.45) is -0.653. The molecule has 5 nitrogen and oxygen atoms in total. The van der Waals surface area contributed by atoms with E-state index >= 15 is 0 Å². The van der Waals surface area contributed by atoms with Crippen molar-refractivity contribution in [3.05, 3.63) is 33.3 Å². The highest BCUT2D eigenvalue weighted by molar-refractivity contribution is 9.10. The van der Waals surface area contributed by atoms with Gasteiger partial charge < -0.3 is 15.2 Å². The van der Waals surface area contributed by atoms with Gasteiger partial charge in [-0.25, -0.2) is 9.59 Å². The van der Waals surface area contributed by atoms with Crippen LogP contribution in [0.5, 0.6) is 0 Å². The maximum absolute atomic E-state index is 11.7. The Labute approximate surface area is 136 Å². The van der Waals surface area contributed by atoms with E-state index in [9.17, 15) is 14.7 Å². The maximum atomic E-state index is 11.7. The van der Waals surface area contributed by atoms with E-state index in [1.54, 1.807) is 39.0 Å². The standard InChI is InChI=1S/C14H17BrClNO4/c1-14(2,3)21-13(20)17-11(12(18)19)7-8-4-5-9(15)10(16)6-8/h4-6,11H,7H2,1-3H3,(H,17,20)(H,18,19)/t11-/m0/s1. The van der Waals surface area contributed by atoms with E-state index in [0.29, 0.717) is 10.6 Å². The van der Waals surface area contributed by atoms with Crippen molar-refractivity contribution in [1.82, 2.24) is 5.32 Å². The number of benzene rings is 1. The van der Waals surface area contributed by atoms with Crippen molar-refractivity contribution in [2.24, 2.45) is 0 Å². The highest BCUT2D eigenvalue weighted by Crippen LogP contribution is 2.23. The number of carboxylic acid groups (broad SMARTS) is 1. The molecule has 0 aromatic heterocycles. The highest BCUT2D eigenvalue weighted by atomic mass is 79.9. The maximum Gasteiger partial charge on any atom is 0.408 e. The van der Waals surface area contributed by atoms with Gasteiger partial charge in [0.2, 0.25) is 0 Å². The van der Waals surface area contributed by atoms with Crippen LogP contribution in [0.3, 0.4) is 0 Å². The lowest BCUT2D eigenvalue weighted by Gasteiger charge is -2.22. The van der Waals surface area contributed by atoms with Crippen molar-refractivity contribution >= 4 is 39.6 Å². The molecule has 0 bridgehead atoms. The van der Waals surface area contributed by atoms with E-state index in [-0.39, 0.29) is 6.42 Å². The van der Waals surface area contributed by atoms with E-state index in [2.05, 4.69) is 21.2 Å². The average molecular weight is 379 g/mol. The van der Waals surface area contributed by atoms with E-state index < -0.39 is 23.7 Å². The van der Waals surface area contributed by atoms with Crippen molar-refractivity contribution in [2.75, 3.05) is 0 Å². The summed E-state index contributed by atoms with van der Waals surface area (Å²) >= 11 is 9.22. The highest BCUT2D eigenvalue weighted by Gasteiger charge is 2.24. The lowest BCUT2D eigenvalue weighted by atomic mass is 10.1. The normalized spacial score (nSPS) is 12.6. The van der Waals surface area contributed by atoms with Crippen molar-refractivity contribution < 1.29 is 19.4 Å². The van der Waals surface area contributed by atoms with Gasteiger partial charge >= 0.3 is 12.1 Å². The molecule has 0 radical (unpaired) electrons. The molecule has 1 atom stereocenters. The van der Waals surface area contributed by atoms with Gasteiger partial charge in [0.15, 0.2) is 0 Å². The van der Waals surface area contributed by atoms with E-state index in [4.69, 9.17) is 16.3 Å². The monoisotopic (exact) mass is 377 g/mol. The summed E-state index contributed by atoms with van der Waals surface area (Å²) in [5, 5.41) is 12.0. The number of hydrogen-bond acceptors (Lipinski definition) is 3. The number of carboxylic acids is 1. The zero-order chi connectivity index (χ0) is 16.2. The summed E-state index contributed by atoms with van der Waals surface area (Å²) in [6, 6.07) is 4.03. The molecule has 0 aliphatic heterocycles. The van der Waals surface area contributed by atoms with Crippen molar-refractivity contribution in [1.29, 1.82) is 0 Å². The van der Waals surface area contributed by atoms with Gasteiger partial charge in [0.25, 0.3) is 0 Å². The molecule has 7 heteroatoms. The SMILES string of the molecule is CC(C)(C)OC(=O)N[C@@H](Cc1ccc(Br)c(Cl)c1)C(=O)O. The van der Waals surface area contributed by atoms with Crippen LogP contribution >= 0.6 is 27.5 Å². The number of halogens is 2. The van der Waals surface area contributed by atoms with Crippen molar-refractivity contribution in [2.45, 2.75) is 38.8 Å². The molecule has 0 saturated carbocycles. The van der Waals surface area contributed by atoms with Crippen LogP contribution in [0.1, 0.15) is 26.3 Å². The summed E-state index contributed by atoms with van der Waals surface area (Å²) in [6.45, 7) is 5.12. The molecule has 0 spiro atoms. The molecule has 0 fully saturated rings. The first-order valence-electron chi connectivity index (χ1n) is 6.25. The number of ether oxygens (including phenoxy) is 1. The molecular weight excluding hydrogens is 362 g/mol. The summed E-state index contributed by atoms with van der Waals surface area (Å²) in [7, 11) is 0. The number of aliphatic carboxylic acids is 1. The molecule has 0 saturated heterocycles. The van der Waals surface area contributed by atoms with Gasteiger partial charge in [-0.1, -0.05) is 17.7 Å². The minimum atomic E-state index is -1.14. The number of nitrogens with one attached hydrogen (secondary N) is 1. The molecule has 0 aliphatic carbocycles. The molecule has 0 aliphatic rings. The molecule has 1 aromatic carbocycles. The molecule has 2 N–H and O–H groups in total. The molecule has 1 aromatic rings. The minimum Gasteiger partial charge on any atom is -0.480 e. The third-order valence-electron chi connectivity index (χ3n) is 2.41. The number of alkyl carbamates (subject to hydrolysis) is 1. The largest absolute Gasteiger partial charge is 0.480 e. The first-order chi connectivity index (χ1) is 9.58. The van der Waals surface area contributed by atoms with E-state index in [1.807, 2.05) is 0 Å². The molecule has 116 valence electrons. The Balaban J connectivity index is 2.76. The average Bonchev–Trinajstić information content (AvgIpc) is 2.30. The summed E-state index contributed by atoms with van der Waals surface area (Å²) in [5.74, 6) is -1.14. The van der Waals surface area contributed by atoms with Crippen LogP contribution in [0.25, 0.3) is 0 Å². The first kappa shape index (κ1) is 17.8. The summed E-state index contributed by atoms with van der Waals surface area (Å²) in [5.41, 5.74) is 0.0142. The second-order valence-corrected chi connectivity index (χ2v) is 6.75. The van der Waals surface area contributed by atoms with Gasteiger partial charge in [-0.2, -0.15) is 0 Å². The lowest BCUT2D eigenvalue weighted by molar-refractivity contribution is -0.139. The van der Waals surface area contributed by atoms with Crippen LogP contribution in [-0.4, -0.2) is 28.8 Å². The molecule has 21 heavy (non-hydrogen) atoms. The van der Waals surface area contributed by atoms with Gasteiger partial charge in [-0.05, 0) is 54.4 Å². The smallest absolute Gasteiger partial charge is 0.408 e. The Bertz CT molecular complexity index is 542. The van der Waals surface area contributed by atoms with Crippen molar-refractivity contribution in [3.63, 3.8) is 0 Å². The Morgan fingerprint density at radius 3 is 2.52 bits per heavy atom. The second-order valence-electron chi connectivity index (χ2n) is 5.49. The van der Waals surface area contributed by atoms with Gasteiger partial charge in [0.1, 0.15) is 11.6 Å². The van der Waals surface area contributed by atoms with Gasteiger partial charge in [-0.15, -0.1) is 0 Å². The Hall–Kier alpha value is -1.27. The van der Waals surface area contributed by atoms with Crippen LogP contribution in [0.2, 0.25) is 5.02 Å². The van der Waals surface area contributed by atoms with Crippen LogP contribution < -0.4 is 5.32 Å². The van der Waals surface area contributed by atoms with Gasteiger partial charge in [0, 0.05) is 10.9 Å². The van der Waals surface area contributed by atoms with Gasteiger partial charge in [0.05, 0.1) is 5.02 Å². The minimum absolute atomic E-state index is 0.113. The van der Waals surface area contributed by atoms with Gasteiger partial charge in [-0.3, -0.25) is 0 Å². The number of hydrogen-bond donors (Lipinski definition) is 2. The van der Waals surface area contributed by atoms with Crippen LogP contribution in [0.15, 0.2) is 22.7 Å². The Morgan fingerprint density at radius 2 is 2.05 bits per heavy atom. The second kappa shape index (κ2) is 7.13. The fourth-order valence-corrected chi connectivity index (χ4v) is 2.00. The Kier molecular flexibility index (Phi) is 6.04. The number of carbonyl (C=O) groups excluding carboxylic acids is 1. The third-order valence-corrected chi connectivity index (χ3v) is 3.65. The van der Waals surface area contributed by atoms with Crippen LogP contribution in [0.4, 0.5) is 4.79 Å². The molecule has 0 unspecified atom stereocenters. The number of rotatable bonds is 4. The lowest BCUT2D eigenvalue weighted by Crippen LogP contribution is -2.44. The molecule has 1 rings (SSSR count). The fraction of sp³-hybridized carbons (Fsp3) is 0.429. The topological polar surface area (TPSA) is 75.6 Å². The first-order valence-corrected chi connectivity index (χ1v) is 7.42. The molecule has 1 amide bonds. The van der Waals surface area contributed by atoms with E-state index in [0.717, 1.165) is 4.47 Å². The number of amides is 1. The number of carbonyl (C=O) groups is 2.